The molecule has 30 heavy (non-hydrogen) atoms. The van der Waals surface area contributed by atoms with Crippen LogP contribution in [0, 0.1) is 20.8 Å². The average molecular weight is 402 g/mol. The third-order valence-electron chi connectivity index (χ3n) is 4.75. The Morgan fingerprint density at radius 3 is 2.33 bits per heavy atom. The van der Waals surface area contributed by atoms with Gasteiger partial charge in [0.25, 0.3) is 5.91 Å². The molecule has 1 amide bonds. The molecule has 154 valence electrons. The van der Waals surface area contributed by atoms with Gasteiger partial charge in [-0.1, -0.05) is 42.5 Å². The highest BCUT2D eigenvalue weighted by molar-refractivity contribution is 5.83. The van der Waals surface area contributed by atoms with Gasteiger partial charge >= 0.3 is 0 Å². The molecule has 5 nitrogen and oxygen atoms in total. The lowest BCUT2D eigenvalue weighted by Crippen LogP contribution is -2.25. The summed E-state index contributed by atoms with van der Waals surface area (Å²) in [5.74, 6) is 1.21. The van der Waals surface area contributed by atoms with Crippen molar-refractivity contribution < 1.29 is 14.3 Å². The molecule has 0 radical (unpaired) electrons. The molecule has 0 saturated heterocycles. The monoisotopic (exact) mass is 402 g/mol. The Balaban J connectivity index is 1.46. The van der Waals surface area contributed by atoms with Crippen molar-refractivity contribution in [3.8, 4) is 11.5 Å². The van der Waals surface area contributed by atoms with Gasteiger partial charge in [-0.05, 0) is 72.9 Å². The molecule has 0 unspecified atom stereocenters. The SMILES string of the molecule is Cc1ccc(C)c(OCC(=O)N/N=C/c2ccc(OCc3ccccc3)cc2)c1C. The van der Waals surface area contributed by atoms with Gasteiger partial charge < -0.3 is 9.47 Å². The lowest BCUT2D eigenvalue weighted by molar-refractivity contribution is -0.123. The fourth-order valence-electron chi connectivity index (χ4n) is 2.89. The maximum atomic E-state index is 12.0. The van der Waals surface area contributed by atoms with Crippen molar-refractivity contribution in [1.82, 2.24) is 5.43 Å². The van der Waals surface area contributed by atoms with Crippen LogP contribution in [0.3, 0.4) is 0 Å². The summed E-state index contributed by atoms with van der Waals surface area (Å²) in [4.78, 5) is 12.0. The topological polar surface area (TPSA) is 59.9 Å². The maximum Gasteiger partial charge on any atom is 0.277 e. The number of nitrogens with one attached hydrogen (secondary N) is 1. The van der Waals surface area contributed by atoms with E-state index in [0.717, 1.165) is 39.3 Å². The van der Waals surface area contributed by atoms with Gasteiger partial charge in [-0.25, -0.2) is 5.43 Å². The van der Waals surface area contributed by atoms with E-state index in [2.05, 4.69) is 10.5 Å². The summed E-state index contributed by atoms with van der Waals surface area (Å²) in [6, 6.07) is 21.5. The number of aryl methyl sites for hydroxylation is 2. The summed E-state index contributed by atoms with van der Waals surface area (Å²) in [5, 5.41) is 3.99. The fraction of sp³-hybridized carbons (Fsp3) is 0.200. The summed E-state index contributed by atoms with van der Waals surface area (Å²) in [7, 11) is 0. The number of rotatable bonds is 8. The molecule has 3 aromatic carbocycles. The number of benzene rings is 3. The zero-order valence-corrected chi connectivity index (χ0v) is 17.5. The first-order valence-corrected chi connectivity index (χ1v) is 9.81. The maximum absolute atomic E-state index is 12.0. The molecule has 0 aromatic heterocycles. The molecular formula is C25H26N2O3. The quantitative estimate of drug-likeness (QED) is 0.438. The van der Waals surface area contributed by atoms with E-state index >= 15 is 0 Å². The molecular weight excluding hydrogens is 376 g/mol. The van der Waals surface area contributed by atoms with Crippen LogP contribution in [0.4, 0.5) is 0 Å². The molecule has 0 spiro atoms. The molecule has 0 aliphatic rings. The molecule has 0 aliphatic carbocycles. The molecule has 0 bridgehead atoms. The average Bonchev–Trinajstić information content (AvgIpc) is 2.76. The van der Waals surface area contributed by atoms with E-state index in [0.29, 0.717) is 6.61 Å². The number of hydrazone groups is 1. The highest BCUT2D eigenvalue weighted by Gasteiger charge is 2.08. The van der Waals surface area contributed by atoms with Crippen molar-refractivity contribution in [3.63, 3.8) is 0 Å². The van der Waals surface area contributed by atoms with Gasteiger partial charge in [-0.15, -0.1) is 0 Å². The van der Waals surface area contributed by atoms with Crippen LogP contribution in [0.2, 0.25) is 0 Å². The van der Waals surface area contributed by atoms with Gasteiger partial charge in [0.1, 0.15) is 18.1 Å². The largest absolute Gasteiger partial charge is 0.489 e. The standard InChI is InChI=1S/C25H26N2O3/c1-18-9-10-19(2)25(20(18)3)30-17-24(28)27-26-15-21-11-13-23(14-12-21)29-16-22-7-5-4-6-8-22/h4-15H,16-17H2,1-3H3,(H,27,28)/b26-15+. The second kappa shape index (κ2) is 10.3. The Morgan fingerprint density at radius 1 is 0.900 bits per heavy atom. The fourth-order valence-corrected chi connectivity index (χ4v) is 2.89. The Kier molecular flexibility index (Phi) is 7.22. The molecule has 0 heterocycles. The third kappa shape index (κ3) is 5.95. The second-order valence-electron chi connectivity index (χ2n) is 7.08. The number of carbonyl (C=O) groups is 1. The molecule has 0 saturated carbocycles. The van der Waals surface area contributed by atoms with Crippen LogP contribution in [0.15, 0.2) is 71.8 Å². The molecule has 0 aliphatic heterocycles. The van der Waals surface area contributed by atoms with Crippen LogP contribution in [-0.2, 0) is 11.4 Å². The van der Waals surface area contributed by atoms with Gasteiger partial charge in [0, 0.05) is 0 Å². The lowest BCUT2D eigenvalue weighted by atomic mass is 10.1. The summed E-state index contributed by atoms with van der Waals surface area (Å²) in [5.41, 5.74) is 7.64. The highest BCUT2D eigenvalue weighted by atomic mass is 16.5. The Hall–Kier alpha value is -3.60. The first-order chi connectivity index (χ1) is 14.5. The molecule has 1 N–H and O–H groups in total. The highest BCUT2D eigenvalue weighted by Crippen LogP contribution is 2.25. The summed E-state index contributed by atoms with van der Waals surface area (Å²) in [6.07, 6.45) is 1.59. The van der Waals surface area contributed by atoms with Gasteiger partial charge in [-0.2, -0.15) is 5.10 Å². The van der Waals surface area contributed by atoms with Crippen LogP contribution < -0.4 is 14.9 Å². The van der Waals surface area contributed by atoms with Crippen LogP contribution >= 0.6 is 0 Å². The molecule has 3 aromatic rings. The van der Waals surface area contributed by atoms with Gasteiger partial charge in [0.2, 0.25) is 0 Å². The van der Waals surface area contributed by atoms with Gasteiger partial charge in [0.05, 0.1) is 6.21 Å². The predicted molar refractivity (Wildman–Crippen MR) is 119 cm³/mol. The molecule has 5 heteroatoms. The van der Waals surface area contributed by atoms with Crippen molar-refractivity contribution in [2.45, 2.75) is 27.4 Å². The Morgan fingerprint density at radius 2 is 1.60 bits per heavy atom. The number of hydrogen-bond acceptors (Lipinski definition) is 4. The van der Waals surface area contributed by atoms with E-state index in [1.165, 1.54) is 0 Å². The van der Waals surface area contributed by atoms with E-state index in [4.69, 9.17) is 9.47 Å². The third-order valence-corrected chi connectivity index (χ3v) is 4.75. The zero-order chi connectivity index (χ0) is 21.3. The lowest BCUT2D eigenvalue weighted by Gasteiger charge is -2.13. The number of carbonyl (C=O) groups excluding carboxylic acids is 1. The van der Waals surface area contributed by atoms with Crippen LogP contribution in [0.1, 0.15) is 27.8 Å². The molecule has 3 rings (SSSR count). The number of amides is 1. The van der Waals surface area contributed by atoms with Gasteiger partial charge in [-0.3, -0.25) is 4.79 Å². The van der Waals surface area contributed by atoms with E-state index in [1.54, 1.807) is 6.21 Å². The van der Waals surface area contributed by atoms with Crippen molar-refractivity contribution in [2.75, 3.05) is 6.61 Å². The van der Waals surface area contributed by atoms with Crippen molar-refractivity contribution in [2.24, 2.45) is 5.10 Å². The minimum absolute atomic E-state index is 0.0886. The van der Waals surface area contributed by atoms with Crippen LogP contribution in [-0.4, -0.2) is 18.7 Å². The Labute approximate surface area is 177 Å². The van der Waals surface area contributed by atoms with Crippen LogP contribution in [0.25, 0.3) is 0 Å². The number of ether oxygens (including phenoxy) is 2. The number of hydrogen-bond donors (Lipinski definition) is 1. The molecule has 0 fully saturated rings. The smallest absolute Gasteiger partial charge is 0.277 e. The van der Waals surface area contributed by atoms with Gasteiger partial charge in [0.15, 0.2) is 6.61 Å². The Bertz CT molecular complexity index is 1010. The van der Waals surface area contributed by atoms with Crippen LogP contribution in [0.5, 0.6) is 11.5 Å². The van der Waals surface area contributed by atoms with E-state index < -0.39 is 0 Å². The van der Waals surface area contributed by atoms with E-state index in [1.807, 2.05) is 87.5 Å². The van der Waals surface area contributed by atoms with E-state index in [9.17, 15) is 4.79 Å². The zero-order valence-electron chi connectivity index (χ0n) is 17.5. The van der Waals surface area contributed by atoms with E-state index in [-0.39, 0.29) is 12.5 Å². The number of nitrogens with zero attached hydrogens (tertiary/aromatic N) is 1. The minimum atomic E-state index is -0.311. The predicted octanol–water partition coefficient (Wildman–Crippen LogP) is 4.72. The minimum Gasteiger partial charge on any atom is -0.489 e. The summed E-state index contributed by atoms with van der Waals surface area (Å²) in [6.45, 7) is 6.40. The van der Waals surface area contributed by atoms with Crippen molar-refractivity contribution in [3.05, 3.63) is 94.5 Å². The first kappa shape index (κ1) is 21.1. The van der Waals surface area contributed by atoms with Crippen molar-refractivity contribution >= 4 is 12.1 Å². The first-order valence-electron chi connectivity index (χ1n) is 9.81. The molecule has 0 atom stereocenters. The normalized spacial score (nSPS) is 10.8. The summed E-state index contributed by atoms with van der Waals surface area (Å²) < 4.78 is 11.5. The summed E-state index contributed by atoms with van der Waals surface area (Å²) >= 11 is 0. The van der Waals surface area contributed by atoms with Crippen molar-refractivity contribution in [1.29, 1.82) is 0 Å². The second-order valence-corrected chi connectivity index (χ2v) is 7.08.